The molecule has 1 rings (SSSR count). The molecule has 2 heteroatoms. The lowest BCUT2D eigenvalue weighted by Gasteiger charge is -2.15. The molecule has 2 nitrogen and oxygen atoms in total. The molecule has 0 saturated carbocycles. The molecule has 48 valence electrons. The summed E-state index contributed by atoms with van der Waals surface area (Å²) >= 11 is 0. The smallest absolute Gasteiger partial charge is 0.0838 e. The van der Waals surface area contributed by atoms with Gasteiger partial charge >= 0.3 is 0 Å². The fraction of sp³-hybridized carbons (Fsp3) is 1.00. The Balaban J connectivity index is 2.13. The first-order valence-corrected chi connectivity index (χ1v) is 3.54. The van der Waals surface area contributed by atoms with E-state index in [0.29, 0.717) is 0 Å². The van der Waals surface area contributed by atoms with Crippen molar-refractivity contribution in [3.8, 4) is 0 Å². The molecule has 1 atom stereocenters. The van der Waals surface area contributed by atoms with Gasteiger partial charge in [0.1, 0.15) is 0 Å². The maximum atomic E-state index is 3.89. The van der Waals surface area contributed by atoms with Crippen molar-refractivity contribution in [1.29, 1.82) is 0 Å². The number of hydrogen-bond donors (Lipinski definition) is 2. The molecule has 0 aromatic heterocycles. The fourth-order valence-electron chi connectivity index (χ4n) is 1.28. The third-order valence-corrected chi connectivity index (χ3v) is 1.93. The van der Waals surface area contributed by atoms with Crippen LogP contribution in [0.3, 0.4) is 0 Å². The first kappa shape index (κ1) is 6.05. The molecule has 0 spiro atoms. The van der Waals surface area contributed by atoms with Crippen molar-refractivity contribution in [3.63, 3.8) is 0 Å². The Morgan fingerprint density at radius 2 is 2.50 bits per heavy atom. The van der Waals surface area contributed by atoms with Gasteiger partial charge in [-0.15, -0.1) is 0 Å². The zero-order valence-electron chi connectivity index (χ0n) is 5.40. The van der Waals surface area contributed by atoms with Crippen LogP contribution in [0.5, 0.6) is 0 Å². The first-order valence-electron chi connectivity index (χ1n) is 3.54. The highest BCUT2D eigenvalue weighted by Gasteiger charge is 2.14. The zero-order chi connectivity index (χ0) is 5.82. The van der Waals surface area contributed by atoms with Crippen LogP contribution in [-0.4, -0.2) is 19.6 Å². The van der Waals surface area contributed by atoms with Gasteiger partial charge in [0.05, 0.1) is 25.6 Å². The molecule has 0 unspecified atom stereocenters. The monoisotopic (exact) mass is 116 g/mol. The molecule has 0 aliphatic carbocycles. The van der Waals surface area contributed by atoms with Crippen molar-refractivity contribution < 1.29 is 11.1 Å². The highest BCUT2D eigenvalue weighted by Crippen LogP contribution is 2.01. The summed E-state index contributed by atoms with van der Waals surface area (Å²) in [4.78, 5) is 0. The molecule has 1 aliphatic rings. The van der Waals surface area contributed by atoms with Crippen LogP contribution >= 0.6 is 0 Å². The van der Waals surface area contributed by atoms with Crippen LogP contribution in [0, 0.1) is 5.92 Å². The Morgan fingerprint density at radius 1 is 1.62 bits per heavy atom. The minimum Gasteiger partial charge on any atom is -0.357 e. The van der Waals surface area contributed by atoms with Crippen molar-refractivity contribution in [2.45, 2.75) is 12.8 Å². The molecular weight excluding hydrogens is 100 g/mol. The molecule has 1 fully saturated rings. The second-order valence-electron chi connectivity index (χ2n) is 2.61. The van der Waals surface area contributed by atoms with E-state index in [1.54, 1.807) is 0 Å². The average Bonchev–Trinajstić information content (AvgIpc) is 1.90. The van der Waals surface area contributed by atoms with E-state index in [-0.39, 0.29) is 0 Å². The van der Waals surface area contributed by atoms with Crippen LogP contribution in [0.2, 0.25) is 0 Å². The number of rotatable bonds is 1. The number of piperidine rings is 1. The van der Waals surface area contributed by atoms with Gasteiger partial charge in [0.2, 0.25) is 0 Å². The zero-order valence-corrected chi connectivity index (χ0v) is 5.40. The van der Waals surface area contributed by atoms with Crippen LogP contribution in [0.1, 0.15) is 12.8 Å². The largest absolute Gasteiger partial charge is 0.357 e. The summed E-state index contributed by atoms with van der Waals surface area (Å²) in [6.07, 6.45) is 2.82. The molecular formula is C6H16N2+2. The van der Waals surface area contributed by atoms with Crippen molar-refractivity contribution in [2.24, 2.45) is 5.92 Å². The molecule has 5 N–H and O–H groups in total. The highest BCUT2D eigenvalue weighted by atomic mass is 14.9. The summed E-state index contributed by atoms with van der Waals surface area (Å²) in [5.74, 6) is 0.920. The molecule has 0 aromatic rings. The highest BCUT2D eigenvalue weighted by molar-refractivity contribution is 4.56. The van der Waals surface area contributed by atoms with Gasteiger partial charge in [0, 0.05) is 0 Å². The summed E-state index contributed by atoms with van der Waals surface area (Å²) < 4.78 is 0. The van der Waals surface area contributed by atoms with Crippen molar-refractivity contribution in [3.05, 3.63) is 0 Å². The van der Waals surface area contributed by atoms with E-state index in [2.05, 4.69) is 11.1 Å². The first-order chi connectivity index (χ1) is 3.93. The average molecular weight is 116 g/mol. The number of hydrogen-bond acceptors (Lipinski definition) is 0. The molecule has 0 radical (unpaired) electrons. The lowest BCUT2D eigenvalue weighted by Crippen LogP contribution is -2.88. The fourth-order valence-corrected chi connectivity index (χ4v) is 1.28. The second kappa shape index (κ2) is 3.05. The van der Waals surface area contributed by atoms with E-state index in [1.807, 2.05) is 0 Å². The normalized spacial score (nSPS) is 30.4. The number of nitrogens with two attached hydrogens (primary N) is 1. The topological polar surface area (TPSA) is 44.2 Å². The quantitative estimate of drug-likeness (QED) is 0.406. The maximum Gasteiger partial charge on any atom is 0.0838 e. The Morgan fingerprint density at radius 3 is 2.88 bits per heavy atom. The standard InChI is InChI=1S/C6H14N2/c7-4-6-2-1-3-8-5-6/h6,8H,1-5,7H2/p+2/t6-/m1/s1. The van der Waals surface area contributed by atoms with Gasteiger partial charge in [-0.1, -0.05) is 0 Å². The Labute approximate surface area is 50.4 Å². The van der Waals surface area contributed by atoms with E-state index in [0.717, 1.165) is 12.5 Å². The van der Waals surface area contributed by atoms with Crippen molar-refractivity contribution in [1.82, 2.24) is 0 Å². The van der Waals surface area contributed by atoms with E-state index < -0.39 is 0 Å². The van der Waals surface area contributed by atoms with E-state index in [9.17, 15) is 0 Å². The summed E-state index contributed by atoms with van der Waals surface area (Å²) in [7, 11) is 0. The van der Waals surface area contributed by atoms with Crippen LogP contribution < -0.4 is 11.1 Å². The van der Waals surface area contributed by atoms with Crippen molar-refractivity contribution in [2.75, 3.05) is 19.6 Å². The third-order valence-electron chi connectivity index (χ3n) is 1.93. The second-order valence-corrected chi connectivity index (χ2v) is 2.61. The SMILES string of the molecule is [NH3+]C[C@H]1CCC[NH2+]C1. The van der Waals surface area contributed by atoms with Gasteiger partial charge in [0.15, 0.2) is 0 Å². The molecule has 0 aromatic carbocycles. The van der Waals surface area contributed by atoms with Gasteiger partial charge in [-0.3, -0.25) is 0 Å². The molecule has 1 heterocycles. The van der Waals surface area contributed by atoms with Gasteiger partial charge < -0.3 is 11.1 Å². The van der Waals surface area contributed by atoms with E-state index in [4.69, 9.17) is 0 Å². The lowest BCUT2D eigenvalue weighted by atomic mass is 10.0. The van der Waals surface area contributed by atoms with Gasteiger partial charge in [0.25, 0.3) is 0 Å². The van der Waals surface area contributed by atoms with Crippen LogP contribution in [0.25, 0.3) is 0 Å². The maximum absolute atomic E-state index is 3.89. The summed E-state index contributed by atoms with van der Waals surface area (Å²) in [5.41, 5.74) is 3.89. The Hall–Kier alpha value is -0.0800. The summed E-state index contributed by atoms with van der Waals surface area (Å²) in [6, 6.07) is 0. The van der Waals surface area contributed by atoms with Gasteiger partial charge in [-0.2, -0.15) is 0 Å². The van der Waals surface area contributed by atoms with E-state index >= 15 is 0 Å². The predicted molar refractivity (Wildman–Crippen MR) is 32.1 cm³/mol. The lowest BCUT2D eigenvalue weighted by molar-refractivity contribution is -0.672. The molecule has 1 aliphatic heterocycles. The predicted octanol–water partition coefficient (Wildman–Crippen LogP) is -1.80. The minimum absolute atomic E-state index is 0.920. The minimum atomic E-state index is 0.920. The summed E-state index contributed by atoms with van der Waals surface area (Å²) in [6.45, 7) is 3.80. The Kier molecular flexibility index (Phi) is 2.30. The van der Waals surface area contributed by atoms with Crippen LogP contribution in [0.4, 0.5) is 0 Å². The molecule has 8 heavy (non-hydrogen) atoms. The number of quaternary nitrogens is 2. The van der Waals surface area contributed by atoms with Gasteiger partial charge in [-0.05, 0) is 12.8 Å². The Bertz CT molecular complexity index is 57.5. The molecule has 0 bridgehead atoms. The van der Waals surface area contributed by atoms with Crippen molar-refractivity contribution >= 4 is 0 Å². The van der Waals surface area contributed by atoms with Crippen LogP contribution in [-0.2, 0) is 0 Å². The molecule has 0 amide bonds. The van der Waals surface area contributed by atoms with Gasteiger partial charge in [-0.25, -0.2) is 0 Å². The third kappa shape index (κ3) is 1.46. The van der Waals surface area contributed by atoms with Crippen LogP contribution in [0.15, 0.2) is 0 Å². The van der Waals surface area contributed by atoms with E-state index in [1.165, 1.54) is 25.9 Å². The summed E-state index contributed by atoms with van der Waals surface area (Å²) in [5, 5.41) is 2.40. The molecule has 1 saturated heterocycles.